The molecule has 0 bridgehead atoms. The highest BCUT2D eigenvalue weighted by atomic mass is 16.2. The van der Waals surface area contributed by atoms with Crippen molar-refractivity contribution in [2.75, 3.05) is 4.90 Å². The van der Waals surface area contributed by atoms with Crippen molar-refractivity contribution < 1.29 is 4.79 Å². The topological polar surface area (TPSA) is 20.3 Å². The van der Waals surface area contributed by atoms with Crippen LogP contribution in [0.25, 0.3) is 0 Å². The van der Waals surface area contributed by atoms with E-state index in [1.54, 1.807) is 0 Å². The minimum atomic E-state index is 0.212. The first-order valence-electron chi connectivity index (χ1n) is 8.95. The second-order valence-electron chi connectivity index (χ2n) is 7.18. The van der Waals surface area contributed by atoms with Crippen molar-refractivity contribution in [1.82, 2.24) is 0 Å². The quantitative estimate of drug-likeness (QED) is 0.731. The van der Waals surface area contributed by atoms with Gasteiger partial charge in [0, 0.05) is 17.6 Å². The van der Waals surface area contributed by atoms with Crippen molar-refractivity contribution in [3.05, 3.63) is 29.8 Å². The first-order chi connectivity index (χ1) is 10.5. The molecule has 2 rings (SSSR count). The lowest BCUT2D eigenvalue weighted by Crippen LogP contribution is -2.42. The summed E-state index contributed by atoms with van der Waals surface area (Å²) < 4.78 is 0. The van der Waals surface area contributed by atoms with Crippen LogP contribution in [0.4, 0.5) is 5.69 Å². The summed E-state index contributed by atoms with van der Waals surface area (Å²) in [6.45, 7) is 8.74. The predicted molar refractivity (Wildman–Crippen MR) is 94.2 cm³/mol. The van der Waals surface area contributed by atoms with Gasteiger partial charge in [0.15, 0.2) is 0 Å². The normalized spacial score (nSPS) is 21.9. The van der Waals surface area contributed by atoms with Gasteiger partial charge in [0.25, 0.3) is 0 Å². The molecule has 0 atom stereocenters. The lowest BCUT2D eigenvalue weighted by Gasteiger charge is -2.33. The third kappa shape index (κ3) is 4.12. The second kappa shape index (κ2) is 7.80. The van der Waals surface area contributed by atoms with Gasteiger partial charge in [-0.2, -0.15) is 0 Å². The zero-order chi connectivity index (χ0) is 16.1. The molecule has 1 aromatic carbocycles. The molecule has 0 spiro atoms. The Morgan fingerprint density at radius 2 is 1.91 bits per heavy atom. The van der Waals surface area contributed by atoms with E-state index in [-0.39, 0.29) is 12.0 Å². The zero-order valence-electron chi connectivity index (χ0n) is 14.6. The molecule has 0 heterocycles. The van der Waals surface area contributed by atoms with Gasteiger partial charge in [-0.1, -0.05) is 32.4 Å². The Hall–Kier alpha value is -1.31. The molecular formula is C20H31NO. The molecular weight excluding hydrogens is 270 g/mol. The molecule has 0 saturated heterocycles. The fourth-order valence-corrected chi connectivity index (χ4v) is 3.53. The van der Waals surface area contributed by atoms with E-state index in [1.807, 2.05) is 4.90 Å². The zero-order valence-corrected chi connectivity index (χ0v) is 14.6. The van der Waals surface area contributed by atoms with Crippen molar-refractivity contribution in [1.29, 1.82) is 0 Å². The van der Waals surface area contributed by atoms with Gasteiger partial charge >= 0.3 is 0 Å². The summed E-state index contributed by atoms with van der Waals surface area (Å²) >= 11 is 0. The van der Waals surface area contributed by atoms with Crippen LogP contribution in [0.1, 0.15) is 65.4 Å². The summed E-state index contributed by atoms with van der Waals surface area (Å²) in [4.78, 5) is 15.1. The van der Waals surface area contributed by atoms with E-state index >= 15 is 0 Å². The number of anilines is 1. The number of amides is 1. The van der Waals surface area contributed by atoms with Crippen LogP contribution in [0.2, 0.25) is 0 Å². The minimum absolute atomic E-state index is 0.212. The van der Waals surface area contributed by atoms with E-state index in [0.29, 0.717) is 5.91 Å². The summed E-state index contributed by atoms with van der Waals surface area (Å²) in [5, 5.41) is 0. The maximum atomic E-state index is 13.0. The maximum Gasteiger partial charge on any atom is 0.230 e. The minimum Gasteiger partial charge on any atom is -0.310 e. The molecule has 1 aromatic rings. The van der Waals surface area contributed by atoms with Crippen LogP contribution in [-0.2, 0) is 11.2 Å². The van der Waals surface area contributed by atoms with Gasteiger partial charge in [0.2, 0.25) is 5.91 Å². The van der Waals surface area contributed by atoms with Gasteiger partial charge < -0.3 is 4.90 Å². The van der Waals surface area contributed by atoms with Crippen LogP contribution in [0.15, 0.2) is 24.3 Å². The molecule has 0 unspecified atom stereocenters. The summed E-state index contributed by atoms with van der Waals surface area (Å²) in [7, 11) is 0. The van der Waals surface area contributed by atoms with Gasteiger partial charge in [-0.15, -0.1) is 0 Å². The lowest BCUT2D eigenvalue weighted by molar-refractivity contribution is -0.123. The van der Waals surface area contributed by atoms with E-state index in [4.69, 9.17) is 0 Å². The highest BCUT2D eigenvalue weighted by Gasteiger charge is 2.30. The van der Waals surface area contributed by atoms with Crippen LogP contribution in [0.3, 0.4) is 0 Å². The van der Waals surface area contributed by atoms with Crippen molar-refractivity contribution in [2.45, 2.75) is 72.3 Å². The first-order valence-corrected chi connectivity index (χ1v) is 8.95. The Kier molecular flexibility index (Phi) is 6.05. The van der Waals surface area contributed by atoms with Crippen molar-refractivity contribution in [3.8, 4) is 0 Å². The summed E-state index contributed by atoms with van der Waals surface area (Å²) in [6, 6.07) is 8.75. The fourth-order valence-electron chi connectivity index (χ4n) is 3.53. The highest BCUT2D eigenvalue weighted by molar-refractivity contribution is 5.95. The van der Waals surface area contributed by atoms with Gasteiger partial charge in [0.05, 0.1) is 0 Å². The number of carbonyl (C=O) groups is 1. The van der Waals surface area contributed by atoms with Crippen LogP contribution < -0.4 is 4.90 Å². The third-order valence-electron chi connectivity index (χ3n) is 4.85. The van der Waals surface area contributed by atoms with E-state index in [0.717, 1.165) is 37.3 Å². The molecule has 0 N–H and O–H groups in total. The Morgan fingerprint density at radius 3 is 2.50 bits per heavy atom. The second-order valence-corrected chi connectivity index (χ2v) is 7.18. The maximum absolute atomic E-state index is 13.0. The Labute approximate surface area is 135 Å². The van der Waals surface area contributed by atoms with Gasteiger partial charge in [-0.25, -0.2) is 0 Å². The number of nitrogens with zero attached hydrogens (tertiary/aromatic N) is 1. The Balaban J connectivity index is 2.18. The summed E-state index contributed by atoms with van der Waals surface area (Å²) in [5.41, 5.74) is 2.40. The standard InChI is InChI=1S/C20H31NO/c1-5-7-17-8-6-9-19(14-17)21(15(2)3)20(22)18-12-10-16(4)11-13-18/h6,8-9,14-16,18H,5,7,10-13H2,1-4H3. The first kappa shape index (κ1) is 17.1. The average Bonchev–Trinajstić information content (AvgIpc) is 2.48. The van der Waals surface area contributed by atoms with E-state index in [1.165, 1.54) is 18.4 Å². The van der Waals surface area contributed by atoms with Gasteiger partial charge in [-0.3, -0.25) is 4.79 Å². The van der Waals surface area contributed by atoms with Crippen molar-refractivity contribution in [3.63, 3.8) is 0 Å². The number of aryl methyl sites for hydroxylation is 1. The SMILES string of the molecule is CCCc1cccc(N(C(=O)C2CCC(C)CC2)C(C)C)c1. The predicted octanol–water partition coefficient (Wildman–Crippen LogP) is 5.21. The molecule has 1 aliphatic carbocycles. The molecule has 1 aliphatic rings. The average molecular weight is 301 g/mol. The summed E-state index contributed by atoms with van der Waals surface area (Å²) in [5.74, 6) is 1.33. The van der Waals surface area contributed by atoms with Crippen LogP contribution in [0.5, 0.6) is 0 Å². The van der Waals surface area contributed by atoms with Crippen molar-refractivity contribution in [2.24, 2.45) is 11.8 Å². The number of benzene rings is 1. The van der Waals surface area contributed by atoms with Crippen molar-refractivity contribution >= 4 is 11.6 Å². The van der Waals surface area contributed by atoms with Crippen LogP contribution in [0, 0.1) is 11.8 Å². The van der Waals surface area contributed by atoms with E-state index < -0.39 is 0 Å². The van der Waals surface area contributed by atoms with Crippen LogP contribution >= 0.6 is 0 Å². The molecule has 2 nitrogen and oxygen atoms in total. The molecule has 0 aliphatic heterocycles. The monoisotopic (exact) mass is 301 g/mol. The number of hydrogen-bond acceptors (Lipinski definition) is 1. The van der Waals surface area contributed by atoms with Gasteiger partial charge in [0.1, 0.15) is 0 Å². The smallest absolute Gasteiger partial charge is 0.230 e. The molecule has 1 fully saturated rings. The number of hydrogen-bond donors (Lipinski definition) is 0. The molecule has 1 saturated carbocycles. The molecule has 0 radical (unpaired) electrons. The molecule has 2 heteroatoms. The van der Waals surface area contributed by atoms with Crippen LogP contribution in [-0.4, -0.2) is 11.9 Å². The fraction of sp³-hybridized carbons (Fsp3) is 0.650. The number of rotatable bonds is 5. The third-order valence-corrected chi connectivity index (χ3v) is 4.85. The Bertz CT molecular complexity index is 486. The molecule has 22 heavy (non-hydrogen) atoms. The van der Waals surface area contributed by atoms with E-state index in [9.17, 15) is 4.79 Å². The molecule has 0 aromatic heterocycles. The van der Waals surface area contributed by atoms with Gasteiger partial charge in [-0.05, 0) is 69.6 Å². The molecule has 1 amide bonds. The Morgan fingerprint density at radius 1 is 1.23 bits per heavy atom. The lowest BCUT2D eigenvalue weighted by atomic mass is 9.82. The van der Waals surface area contributed by atoms with E-state index in [2.05, 4.69) is 52.0 Å². The highest BCUT2D eigenvalue weighted by Crippen LogP contribution is 2.32. The number of carbonyl (C=O) groups excluding carboxylic acids is 1. The summed E-state index contributed by atoms with van der Waals surface area (Å²) in [6.07, 6.45) is 6.71. The largest absolute Gasteiger partial charge is 0.310 e. The molecule has 122 valence electrons.